The van der Waals surface area contributed by atoms with Gasteiger partial charge in [-0.2, -0.15) is 0 Å². The number of rotatable bonds is 5. The van der Waals surface area contributed by atoms with Crippen LogP contribution in [0, 0.1) is 0 Å². The Morgan fingerprint density at radius 1 is 1.03 bits per heavy atom. The van der Waals surface area contributed by atoms with E-state index in [-0.39, 0.29) is 33.3 Å². The minimum atomic E-state index is -3.76. The Kier molecular flexibility index (Phi) is 5.65. The van der Waals surface area contributed by atoms with Crippen LogP contribution in [0.2, 0.25) is 5.02 Å². The molecule has 7 nitrogen and oxygen atoms in total. The average molecular weight is 454 g/mol. The average Bonchev–Trinajstić information content (AvgIpc) is 3.34. The first kappa shape index (κ1) is 20.3. The molecule has 0 spiro atoms. The van der Waals surface area contributed by atoms with Crippen molar-refractivity contribution in [2.24, 2.45) is 0 Å². The normalized spacial score (nSPS) is 17.4. The molecule has 4 rings (SSSR count). The summed E-state index contributed by atoms with van der Waals surface area (Å²) in [5, 5.41) is 1.94. The summed E-state index contributed by atoms with van der Waals surface area (Å²) in [5.41, 5.74) is 0.267. The van der Waals surface area contributed by atoms with Crippen LogP contribution in [0.4, 0.5) is 0 Å². The van der Waals surface area contributed by atoms with Gasteiger partial charge in [-0.25, -0.2) is 13.1 Å². The molecule has 0 unspecified atom stereocenters. The van der Waals surface area contributed by atoms with Gasteiger partial charge in [-0.05, 0) is 42.5 Å². The van der Waals surface area contributed by atoms with Crippen molar-refractivity contribution in [3.05, 3.63) is 51.2 Å². The van der Waals surface area contributed by atoms with Gasteiger partial charge in [-0.1, -0.05) is 17.7 Å². The van der Waals surface area contributed by atoms with Crippen LogP contribution in [0.1, 0.15) is 32.9 Å². The summed E-state index contributed by atoms with van der Waals surface area (Å²) in [7, 11) is -3.76. The number of carbonyl (C=O) groups is 2. The molecule has 0 radical (unpaired) electrons. The molecule has 10 heteroatoms. The van der Waals surface area contributed by atoms with Crippen LogP contribution in [-0.2, 0) is 10.0 Å². The molecule has 1 saturated carbocycles. The zero-order valence-electron chi connectivity index (χ0n) is 15.5. The topological polar surface area (TPSA) is 86.8 Å². The highest BCUT2D eigenvalue weighted by Crippen LogP contribution is 2.27. The predicted molar refractivity (Wildman–Crippen MR) is 111 cm³/mol. The van der Waals surface area contributed by atoms with Crippen LogP contribution in [0.25, 0.3) is 0 Å². The quantitative estimate of drug-likeness (QED) is 0.753. The summed E-state index contributed by atoms with van der Waals surface area (Å²) in [4.78, 5) is 29.3. The van der Waals surface area contributed by atoms with E-state index in [1.807, 2.05) is 11.4 Å². The van der Waals surface area contributed by atoms with E-state index in [0.29, 0.717) is 31.1 Å². The second-order valence-electron chi connectivity index (χ2n) is 7.10. The number of nitrogens with one attached hydrogen (secondary N) is 1. The molecule has 1 aliphatic carbocycles. The Balaban J connectivity index is 1.45. The van der Waals surface area contributed by atoms with Crippen LogP contribution < -0.4 is 4.72 Å². The fraction of sp³-hybridized carbons (Fsp3) is 0.368. The van der Waals surface area contributed by atoms with Crippen LogP contribution in [-0.4, -0.2) is 62.3 Å². The smallest absolute Gasteiger partial charge is 0.264 e. The van der Waals surface area contributed by atoms with E-state index >= 15 is 0 Å². The molecule has 2 fully saturated rings. The van der Waals surface area contributed by atoms with Gasteiger partial charge < -0.3 is 9.80 Å². The van der Waals surface area contributed by atoms with Crippen molar-refractivity contribution in [1.29, 1.82) is 0 Å². The van der Waals surface area contributed by atoms with Crippen molar-refractivity contribution in [2.45, 2.75) is 23.8 Å². The summed E-state index contributed by atoms with van der Waals surface area (Å²) in [6.45, 7) is 1.65. The van der Waals surface area contributed by atoms with E-state index in [0.717, 1.165) is 12.8 Å². The highest BCUT2D eigenvalue weighted by Gasteiger charge is 2.31. The van der Waals surface area contributed by atoms with Gasteiger partial charge in [-0.15, -0.1) is 11.3 Å². The summed E-state index contributed by atoms with van der Waals surface area (Å²) in [6, 6.07) is 7.87. The van der Waals surface area contributed by atoms with Crippen LogP contribution in [0.15, 0.2) is 40.6 Å². The SMILES string of the molecule is O=C(c1ccc(Cl)c(S(=O)(=O)NC2CC2)c1)N1CCN(C(=O)c2cccs2)CC1. The molecule has 0 atom stereocenters. The number of benzene rings is 1. The maximum atomic E-state index is 12.9. The second-order valence-corrected chi connectivity index (χ2v) is 10.1. The largest absolute Gasteiger partial charge is 0.335 e. The molecule has 2 amide bonds. The number of hydrogen-bond donors (Lipinski definition) is 1. The number of amides is 2. The number of nitrogens with zero attached hydrogens (tertiary/aromatic N) is 2. The monoisotopic (exact) mass is 453 g/mol. The molecule has 0 bridgehead atoms. The van der Waals surface area contributed by atoms with E-state index in [1.54, 1.807) is 15.9 Å². The molecule has 1 aromatic carbocycles. The van der Waals surface area contributed by atoms with Crippen LogP contribution in [0.5, 0.6) is 0 Å². The minimum absolute atomic E-state index is 0.0295. The van der Waals surface area contributed by atoms with Gasteiger partial charge in [-0.3, -0.25) is 9.59 Å². The molecule has 29 heavy (non-hydrogen) atoms. The van der Waals surface area contributed by atoms with Crippen molar-refractivity contribution < 1.29 is 18.0 Å². The number of piperazine rings is 1. The lowest BCUT2D eigenvalue weighted by Gasteiger charge is -2.34. The molecule has 154 valence electrons. The molecule has 2 heterocycles. The van der Waals surface area contributed by atoms with Crippen LogP contribution in [0.3, 0.4) is 0 Å². The molecule has 2 aliphatic rings. The van der Waals surface area contributed by atoms with Crippen molar-refractivity contribution in [3.8, 4) is 0 Å². The van der Waals surface area contributed by atoms with Gasteiger partial charge >= 0.3 is 0 Å². The Morgan fingerprint density at radius 3 is 2.28 bits per heavy atom. The number of hydrogen-bond acceptors (Lipinski definition) is 5. The Hall–Kier alpha value is -1.94. The summed E-state index contributed by atoms with van der Waals surface area (Å²) in [6.07, 6.45) is 1.62. The Labute approximate surface area is 178 Å². The van der Waals surface area contributed by atoms with Crippen molar-refractivity contribution in [3.63, 3.8) is 0 Å². The van der Waals surface area contributed by atoms with E-state index < -0.39 is 10.0 Å². The summed E-state index contributed by atoms with van der Waals surface area (Å²) in [5.74, 6) is -0.300. The van der Waals surface area contributed by atoms with E-state index in [4.69, 9.17) is 11.6 Å². The first-order chi connectivity index (χ1) is 13.8. The first-order valence-corrected chi connectivity index (χ1v) is 12.0. The van der Waals surface area contributed by atoms with Crippen LogP contribution >= 0.6 is 22.9 Å². The number of thiophene rings is 1. The maximum absolute atomic E-state index is 12.9. The zero-order valence-corrected chi connectivity index (χ0v) is 17.9. The molecular formula is C19H20ClN3O4S2. The van der Waals surface area contributed by atoms with Gasteiger partial charge in [0.05, 0.1) is 9.90 Å². The number of halogens is 1. The Morgan fingerprint density at radius 2 is 1.69 bits per heavy atom. The minimum Gasteiger partial charge on any atom is -0.335 e. The van der Waals surface area contributed by atoms with E-state index in [2.05, 4.69) is 4.72 Å². The highest BCUT2D eigenvalue weighted by molar-refractivity contribution is 7.89. The fourth-order valence-electron chi connectivity index (χ4n) is 3.18. The predicted octanol–water partition coefficient (Wildman–Crippen LogP) is 2.44. The maximum Gasteiger partial charge on any atom is 0.264 e. The molecular weight excluding hydrogens is 434 g/mol. The van der Waals surface area contributed by atoms with E-state index in [9.17, 15) is 18.0 Å². The highest BCUT2D eigenvalue weighted by atomic mass is 35.5. The molecule has 2 aromatic rings. The molecule has 1 aliphatic heterocycles. The van der Waals surface area contributed by atoms with Gasteiger partial charge in [0.2, 0.25) is 10.0 Å². The molecule has 1 saturated heterocycles. The lowest BCUT2D eigenvalue weighted by Crippen LogP contribution is -2.50. The van der Waals surface area contributed by atoms with Crippen molar-refractivity contribution in [2.75, 3.05) is 26.2 Å². The summed E-state index contributed by atoms with van der Waals surface area (Å²) < 4.78 is 27.6. The number of sulfonamides is 1. The molecule has 1 N–H and O–H groups in total. The molecule has 1 aromatic heterocycles. The zero-order chi connectivity index (χ0) is 20.6. The second kappa shape index (κ2) is 8.06. The van der Waals surface area contributed by atoms with Gasteiger partial charge in [0, 0.05) is 37.8 Å². The first-order valence-electron chi connectivity index (χ1n) is 9.29. The fourth-order valence-corrected chi connectivity index (χ4v) is 5.70. The number of carbonyl (C=O) groups excluding carboxylic acids is 2. The third-order valence-corrected chi connectivity index (χ3v) is 7.81. The van der Waals surface area contributed by atoms with Crippen molar-refractivity contribution in [1.82, 2.24) is 14.5 Å². The van der Waals surface area contributed by atoms with Gasteiger partial charge in [0.25, 0.3) is 11.8 Å². The Bertz CT molecular complexity index is 1030. The third kappa shape index (κ3) is 4.48. The van der Waals surface area contributed by atoms with Gasteiger partial charge in [0.1, 0.15) is 4.90 Å². The third-order valence-electron chi connectivity index (χ3n) is 4.95. The van der Waals surface area contributed by atoms with E-state index in [1.165, 1.54) is 29.5 Å². The standard InChI is InChI=1S/C19H20ClN3O4S2/c20-15-6-3-13(12-17(15)29(26,27)21-14-4-5-14)18(24)22-7-9-23(10-8-22)19(25)16-2-1-11-28-16/h1-3,6,11-12,14,21H,4-5,7-10H2. The summed E-state index contributed by atoms with van der Waals surface area (Å²) >= 11 is 7.49. The van der Waals surface area contributed by atoms with Crippen molar-refractivity contribution >= 4 is 44.8 Å². The lowest BCUT2D eigenvalue weighted by molar-refractivity contribution is 0.0538. The lowest BCUT2D eigenvalue weighted by atomic mass is 10.2. The van der Waals surface area contributed by atoms with Gasteiger partial charge in [0.15, 0.2) is 0 Å².